The Morgan fingerprint density at radius 3 is 2.29 bits per heavy atom. The molecule has 0 fully saturated rings. The molecule has 0 spiro atoms. The lowest BCUT2D eigenvalue weighted by Gasteiger charge is -2.13. The van der Waals surface area contributed by atoms with Crippen molar-refractivity contribution in [2.75, 3.05) is 6.61 Å². The van der Waals surface area contributed by atoms with Crippen LogP contribution in [0.2, 0.25) is 0 Å². The molecule has 0 aliphatic rings. The Hall–Kier alpha value is -1.27. The summed E-state index contributed by atoms with van der Waals surface area (Å²) in [6, 6.07) is 0. The van der Waals surface area contributed by atoms with Gasteiger partial charge >= 0.3 is 5.97 Å². The Kier molecular flexibility index (Phi) is 7.32. The van der Waals surface area contributed by atoms with E-state index in [-0.39, 0.29) is 6.61 Å². The van der Waals surface area contributed by atoms with Crippen molar-refractivity contribution < 1.29 is 29.3 Å². The van der Waals surface area contributed by atoms with Gasteiger partial charge in [0.1, 0.15) is 6.10 Å². The summed E-state index contributed by atoms with van der Waals surface area (Å²) < 4.78 is 4.62. The number of aliphatic hydroxyl groups is 2. The van der Waals surface area contributed by atoms with Crippen LogP contribution in [0.15, 0.2) is 0 Å². The maximum atomic E-state index is 11.2. The summed E-state index contributed by atoms with van der Waals surface area (Å²) in [4.78, 5) is 33.0. The van der Waals surface area contributed by atoms with Crippen molar-refractivity contribution in [3.05, 3.63) is 0 Å². The average molecular weight is 246 g/mol. The molecule has 6 heteroatoms. The lowest BCUT2D eigenvalue weighted by Crippen LogP contribution is -2.35. The van der Waals surface area contributed by atoms with Crippen molar-refractivity contribution in [3.63, 3.8) is 0 Å². The fraction of sp³-hybridized carbons (Fsp3) is 0.727. The molecule has 17 heavy (non-hydrogen) atoms. The Labute approximate surface area is 99.6 Å². The Bertz CT molecular complexity index is 286. The first kappa shape index (κ1) is 15.7. The fourth-order valence-electron chi connectivity index (χ4n) is 1.05. The van der Waals surface area contributed by atoms with Crippen LogP contribution in [-0.4, -0.2) is 46.6 Å². The molecule has 0 aliphatic heterocycles. The number of carbonyl (C=O) groups excluding carboxylic acids is 3. The number of Topliss-reactive ketones (excluding diaryl/α,β-unsaturated/α-hetero) is 2. The number of esters is 1. The minimum Gasteiger partial charge on any atom is -0.460 e. The van der Waals surface area contributed by atoms with Crippen molar-refractivity contribution in [1.82, 2.24) is 0 Å². The molecule has 0 saturated carbocycles. The van der Waals surface area contributed by atoms with Gasteiger partial charge < -0.3 is 14.9 Å². The summed E-state index contributed by atoms with van der Waals surface area (Å²) in [5.41, 5.74) is 0. The molecule has 0 aromatic carbocycles. The van der Waals surface area contributed by atoms with E-state index in [0.29, 0.717) is 6.42 Å². The van der Waals surface area contributed by atoms with E-state index >= 15 is 0 Å². The highest BCUT2D eigenvalue weighted by atomic mass is 16.5. The van der Waals surface area contributed by atoms with Crippen molar-refractivity contribution in [3.8, 4) is 0 Å². The fourth-order valence-corrected chi connectivity index (χ4v) is 1.05. The molecule has 2 N–H and O–H groups in total. The van der Waals surface area contributed by atoms with Crippen molar-refractivity contribution >= 4 is 17.5 Å². The third-order valence-corrected chi connectivity index (χ3v) is 2.13. The van der Waals surface area contributed by atoms with Gasteiger partial charge in [-0.1, -0.05) is 13.3 Å². The van der Waals surface area contributed by atoms with E-state index in [1.165, 1.54) is 0 Å². The summed E-state index contributed by atoms with van der Waals surface area (Å²) >= 11 is 0. The molecular weight excluding hydrogens is 228 g/mol. The number of unbranched alkanes of at least 4 members (excludes halogenated alkanes) is 1. The van der Waals surface area contributed by atoms with Gasteiger partial charge in [-0.3, -0.25) is 9.59 Å². The molecule has 0 radical (unpaired) electrons. The number of aliphatic hydroxyl groups excluding tert-OH is 2. The molecule has 0 unspecified atom stereocenters. The van der Waals surface area contributed by atoms with Crippen LogP contribution in [0, 0.1) is 0 Å². The molecule has 0 heterocycles. The zero-order valence-electron chi connectivity index (χ0n) is 10.0. The van der Waals surface area contributed by atoms with Gasteiger partial charge in [-0.25, -0.2) is 4.79 Å². The molecule has 98 valence electrons. The quantitative estimate of drug-likeness (QED) is 0.343. The zero-order chi connectivity index (χ0) is 13.4. The Morgan fingerprint density at radius 1 is 1.24 bits per heavy atom. The molecule has 0 aromatic heterocycles. The van der Waals surface area contributed by atoms with E-state index in [4.69, 9.17) is 5.11 Å². The van der Waals surface area contributed by atoms with Crippen LogP contribution >= 0.6 is 0 Å². The van der Waals surface area contributed by atoms with Gasteiger partial charge in [0, 0.05) is 6.42 Å². The predicted octanol–water partition coefficient (Wildman–Crippen LogP) is -0.400. The van der Waals surface area contributed by atoms with Crippen LogP contribution in [0.1, 0.15) is 33.1 Å². The maximum absolute atomic E-state index is 11.2. The molecule has 6 nitrogen and oxygen atoms in total. The van der Waals surface area contributed by atoms with Crippen molar-refractivity contribution in [2.24, 2.45) is 0 Å². The van der Waals surface area contributed by atoms with E-state index < -0.39 is 36.2 Å². The van der Waals surface area contributed by atoms with Crippen LogP contribution in [-0.2, 0) is 19.1 Å². The van der Waals surface area contributed by atoms with Gasteiger partial charge in [-0.05, 0) is 13.3 Å². The number of carbonyl (C=O) groups is 3. The van der Waals surface area contributed by atoms with E-state index in [2.05, 4.69) is 4.74 Å². The minimum absolute atomic E-state index is 0.145. The lowest BCUT2D eigenvalue weighted by atomic mass is 10.1. The number of hydrogen-bond donors (Lipinski definition) is 2. The number of ether oxygens (including phenoxy) is 1. The van der Waals surface area contributed by atoms with Crippen LogP contribution in [0.3, 0.4) is 0 Å². The first-order chi connectivity index (χ1) is 7.90. The molecular formula is C11H18O6. The zero-order valence-corrected chi connectivity index (χ0v) is 10.0. The van der Waals surface area contributed by atoms with E-state index in [1.807, 2.05) is 6.92 Å². The van der Waals surface area contributed by atoms with Crippen LogP contribution in [0.4, 0.5) is 0 Å². The molecule has 0 amide bonds. The van der Waals surface area contributed by atoms with Gasteiger partial charge in [0.05, 0.1) is 12.7 Å². The van der Waals surface area contributed by atoms with Gasteiger partial charge in [0.2, 0.25) is 5.78 Å². The Morgan fingerprint density at radius 2 is 1.82 bits per heavy atom. The maximum Gasteiger partial charge on any atom is 0.374 e. The number of hydrogen-bond acceptors (Lipinski definition) is 6. The highest BCUT2D eigenvalue weighted by molar-refractivity contribution is 6.33. The second-order valence-electron chi connectivity index (χ2n) is 3.74. The highest BCUT2D eigenvalue weighted by Gasteiger charge is 2.26. The number of ketones is 2. The smallest absolute Gasteiger partial charge is 0.374 e. The van der Waals surface area contributed by atoms with E-state index in [9.17, 15) is 19.5 Å². The third-order valence-electron chi connectivity index (χ3n) is 2.13. The van der Waals surface area contributed by atoms with Gasteiger partial charge in [0.15, 0.2) is 5.78 Å². The second kappa shape index (κ2) is 7.92. The summed E-state index contributed by atoms with van der Waals surface area (Å²) in [5, 5.41) is 18.4. The van der Waals surface area contributed by atoms with E-state index in [1.54, 1.807) is 0 Å². The molecule has 0 saturated heterocycles. The molecule has 0 rings (SSSR count). The first-order valence-electron chi connectivity index (χ1n) is 5.46. The van der Waals surface area contributed by atoms with Crippen LogP contribution in [0.5, 0.6) is 0 Å². The standard InChI is InChI=1S/C11H18O6/c1-3-4-5-17-11(16)9(14)6-8(13)10(15)7(2)12/h8,10,13,15H,3-6H2,1-2H3/t8-,10-/m0/s1. The third kappa shape index (κ3) is 6.13. The van der Waals surface area contributed by atoms with Gasteiger partial charge in [-0.15, -0.1) is 0 Å². The molecule has 0 aliphatic carbocycles. The summed E-state index contributed by atoms with van der Waals surface area (Å²) in [7, 11) is 0. The molecule has 0 aromatic rings. The minimum atomic E-state index is -1.65. The van der Waals surface area contributed by atoms with Crippen LogP contribution < -0.4 is 0 Å². The average Bonchev–Trinajstić information content (AvgIpc) is 2.27. The van der Waals surface area contributed by atoms with Crippen molar-refractivity contribution in [2.45, 2.75) is 45.3 Å². The summed E-state index contributed by atoms with van der Waals surface area (Å²) in [6.07, 6.45) is -2.36. The Balaban J connectivity index is 4.07. The number of rotatable bonds is 8. The monoisotopic (exact) mass is 246 g/mol. The van der Waals surface area contributed by atoms with E-state index in [0.717, 1.165) is 13.3 Å². The SMILES string of the molecule is CCCCOC(=O)C(=O)C[C@H](O)[C@@H](O)C(C)=O. The lowest BCUT2D eigenvalue weighted by molar-refractivity contribution is -0.156. The summed E-state index contributed by atoms with van der Waals surface area (Å²) in [5.74, 6) is -2.66. The van der Waals surface area contributed by atoms with Crippen LogP contribution in [0.25, 0.3) is 0 Å². The molecule has 2 atom stereocenters. The van der Waals surface area contributed by atoms with Gasteiger partial charge in [-0.2, -0.15) is 0 Å². The topological polar surface area (TPSA) is 101 Å². The predicted molar refractivity (Wildman–Crippen MR) is 58.2 cm³/mol. The molecule has 0 bridgehead atoms. The summed E-state index contributed by atoms with van der Waals surface area (Å²) in [6.45, 7) is 3.13. The largest absolute Gasteiger partial charge is 0.460 e. The van der Waals surface area contributed by atoms with Gasteiger partial charge in [0.25, 0.3) is 0 Å². The second-order valence-corrected chi connectivity index (χ2v) is 3.74. The normalized spacial score (nSPS) is 13.9. The van der Waals surface area contributed by atoms with Crippen molar-refractivity contribution in [1.29, 1.82) is 0 Å². The highest BCUT2D eigenvalue weighted by Crippen LogP contribution is 2.03. The first-order valence-corrected chi connectivity index (χ1v) is 5.46.